The van der Waals surface area contributed by atoms with Crippen LogP contribution in [0.1, 0.15) is 50.3 Å². The fourth-order valence-corrected chi connectivity index (χ4v) is 2.65. The molecule has 106 valence electrons. The molecular formula is C14H23N3O2. The molecule has 0 radical (unpaired) electrons. The van der Waals surface area contributed by atoms with Gasteiger partial charge in [0.1, 0.15) is 0 Å². The monoisotopic (exact) mass is 265 g/mol. The van der Waals surface area contributed by atoms with Crippen molar-refractivity contribution in [3.63, 3.8) is 0 Å². The van der Waals surface area contributed by atoms with Crippen molar-refractivity contribution < 1.29 is 9.90 Å². The predicted octanol–water partition coefficient (Wildman–Crippen LogP) is 2.29. The van der Waals surface area contributed by atoms with E-state index in [9.17, 15) is 4.79 Å². The molecule has 1 aromatic rings. The Morgan fingerprint density at radius 3 is 2.89 bits per heavy atom. The number of carboxylic acids is 1. The summed E-state index contributed by atoms with van der Waals surface area (Å²) in [4.78, 5) is 12.5. The minimum atomic E-state index is -0.750. The maximum Gasteiger partial charge on any atom is 0.304 e. The summed E-state index contributed by atoms with van der Waals surface area (Å²) in [6, 6.07) is 2.61. The Labute approximate surface area is 114 Å². The molecule has 1 heterocycles. The highest BCUT2D eigenvalue weighted by molar-refractivity contribution is 5.66. The Kier molecular flexibility index (Phi) is 4.96. The summed E-state index contributed by atoms with van der Waals surface area (Å²) in [7, 11) is 1.93. The van der Waals surface area contributed by atoms with Crippen molar-refractivity contribution in [2.24, 2.45) is 0 Å². The first-order valence-corrected chi connectivity index (χ1v) is 7.09. The van der Waals surface area contributed by atoms with Crippen molar-refractivity contribution in [3.05, 3.63) is 18.0 Å². The summed E-state index contributed by atoms with van der Waals surface area (Å²) in [5.74, 6) is -0.750. The molecule has 1 N–H and O–H groups in total. The standard InChI is InChI=1S/C14H23N3O2/c1-16(9-8-14(18)19)11-12-7-10-17(15-12)13-5-3-2-4-6-13/h7,10,13H,2-6,8-9,11H2,1H3,(H,18,19). The van der Waals surface area contributed by atoms with Gasteiger partial charge in [0.2, 0.25) is 0 Å². The highest BCUT2D eigenvalue weighted by Gasteiger charge is 2.16. The topological polar surface area (TPSA) is 58.4 Å². The van der Waals surface area contributed by atoms with E-state index in [2.05, 4.69) is 16.0 Å². The van der Waals surface area contributed by atoms with E-state index in [-0.39, 0.29) is 6.42 Å². The molecule has 1 aromatic heterocycles. The van der Waals surface area contributed by atoms with Crippen molar-refractivity contribution >= 4 is 5.97 Å². The van der Waals surface area contributed by atoms with Crippen LogP contribution in [-0.4, -0.2) is 39.3 Å². The van der Waals surface area contributed by atoms with Gasteiger partial charge in [-0.25, -0.2) is 0 Å². The summed E-state index contributed by atoms with van der Waals surface area (Å²) in [6.07, 6.45) is 8.67. The maximum absolute atomic E-state index is 10.5. The molecule has 2 rings (SSSR count). The largest absolute Gasteiger partial charge is 0.481 e. The number of rotatable bonds is 6. The molecule has 5 nitrogen and oxygen atoms in total. The SMILES string of the molecule is CN(CCC(=O)O)Cc1ccn(C2CCCCC2)n1. The molecule has 0 atom stereocenters. The van der Waals surface area contributed by atoms with Crippen molar-refractivity contribution in [2.45, 2.75) is 51.1 Å². The lowest BCUT2D eigenvalue weighted by molar-refractivity contribution is -0.137. The third kappa shape index (κ3) is 4.35. The smallest absolute Gasteiger partial charge is 0.304 e. The van der Waals surface area contributed by atoms with Gasteiger partial charge in [0, 0.05) is 19.3 Å². The Morgan fingerprint density at radius 1 is 1.47 bits per heavy atom. The van der Waals surface area contributed by atoms with Crippen LogP contribution in [0.4, 0.5) is 0 Å². The molecule has 0 unspecified atom stereocenters. The highest BCUT2D eigenvalue weighted by Crippen LogP contribution is 2.27. The minimum Gasteiger partial charge on any atom is -0.481 e. The van der Waals surface area contributed by atoms with Crippen LogP contribution in [0.3, 0.4) is 0 Å². The molecule has 0 amide bonds. The van der Waals surface area contributed by atoms with Crippen LogP contribution < -0.4 is 0 Å². The predicted molar refractivity (Wildman–Crippen MR) is 72.9 cm³/mol. The van der Waals surface area contributed by atoms with Crippen molar-refractivity contribution in [2.75, 3.05) is 13.6 Å². The maximum atomic E-state index is 10.5. The Balaban J connectivity index is 1.84. The number of carboxylic acid groups (broad SMARTS) is 1. The molecule has 0 saturated heterocycles. The van der Waals surface area contributed by atoms with E-state index in [0.717, 1.165) is 5.69 Å². The van der Waals surface area contributed by atoms with Gasteiger partial charge in [-0.05, 0) is 26.0 Å². The second-order valence-corrected chi connectivity index (χ2v) is 5.46. The zero-order valence-electron chi connectivity index (χ0n) is 11.6. The summed E-state index contributed by atoms with van der Waals surface area (Å²) in [5, 5.41) is 13.3. The van der Waals surface area contributed by atoms with Gasteiger partial charge in [0.05, 0.1) is 18.2 Å². The lowest BCUT2D eigenvalue weighted by atomic mass is 9.96. The third-order valence-corrected chi connectivity index (χ3v) is 3.75. The molecule has 1 saturated carbocycles. The van der Waals surface area contributed by atoms with Gasteiger partial charge in [-0.15, -0.1) is 0 Å². The van der Waals surface area contributed by atoms with E-state index in [1.54, 1.807) is 0 Å². The molecule has 0 bridgehead atoms. The highest BCUT2D eigenvalue weighted by atomic mass is 16.4. The van der Waals surface area contributed by atoms with E-state index in [4.69, 9.17) is 5.11 Å². The van der Waals surface area contributed by atoms with Crippen LogP contribution in [-0.2, 0) is 11.3 Å². The van der Waals surface area contributed by atoms with Gasteiger partial charge in [-0.1, -0.05) is 19.3 Å². The van der Waals surface area contributed by atoms with E-state index in [0.29, 0.717) is 19.1 Å². The van der Waals surface area contributed by atoms with Gasteiger partial charge in [0.15, 0.2) is 0 Å². The zero-order valence-corrected chi connectivity index (χ0v) is 11.6. The second kappa shape index (κ2) is 6.70. The van der Waals surface area contributed by atoms with E-state index in [1.807, 2.05) is 18.0 Å². The van der Waals surface area contributed by atoms with Crippen molar-refractivity contribution in [1.29, 1.82) is 0 Å². The number of aliphatic carboxylic acids is 1. The van der Waals surface area contributed by atoms with Crippen molar-refractivity contribution in [3.8, 4) is 0 Å². The number of nitrogens with zero attached hydrogens (tertiary/aromatic N) is 3. The third-order valence-electron chi connectivity index (χ3n) is 3.75. The van der Waals surface area contributed by atoms with Crippen LogP contribution in [0.5, 0.6) is 0 Å². The average Bonchev–Trinajstić information content (AvgIpc) is 2.86. The van der Waals surface area contributed by atoms with Crippen molar-refractivity contribution in [1.82, 2.24) is 14.7 Å². The normalized spacial score (nSPS) is 16.9. The van der Waals surface area contributed by atoms with E-state index >= 15 is 0 Å². The van der Waals surface area contributed by atoms with Crippen LogP contribution in [0.25, 0.3) is 0 Å². The first-order valence-electron chi connectivity index (χ1n) is 7.09. The first kappa shape index (κ1) is 14.1. The van der Waals surface area contributed by atoms with Crippen LogP contribution in [0, 0.1) is 0 Å². The molecule has 19 heavy (non-hydrogen) atoms. The van der Waals surface area contributed by atoms with Crippen LogP contribution in [0.2, 0.25) is 0 Å². The van der Waals surface area contributed by atoms with Gasteiger partial charge in [0.25, 0.3) is 0 Å². The Hall–Kier alpha value is -1.36. The minimum absolute atomic E-state index is 0.180. The molecule has 5 heteroatoms. The quantitative estimate of drug-likeness (QED) is 0.857. The summed E-state index contributed by atoms with van der Waals surface area (Å²) >= 11 is 0. The number of carbonyl (C=O) groups is 1. The van der Waals surface area contributed by atoms with Gasteiger partial charge in [-0.3, -0.25) is 14.4 Å². The molecule has 1 aliphatic carbocycles. The van der Waals surface area contributed by atoms with E-state index < -0.39 is 5.97 Å². The lowest BCUT2D eigenvalue weighted by Gasteiger charge is -2.22. The van der Waals surface area contributed by atoms with Crippen LogP contribution in [0.15, 0.2) is 12.3 Å². The van der Waals surface area contributed by atoms with E-state index in [1.165, 1.54) is 32.1 Å². The Bertz CT molecular complexity index is 411. The molecule has 1 fully saturated rings. The second-order valence-electron chi connectivity index (χ2n) is 5.46. The molecule has 0 aromatic carbocycles. The summed E-state index contributed by atoms with van der Waals surface area (Å²) in [6.45, 7) is 1.28. The fraction of sp³-hybridized carbons (Fsp3) is 0.714. The Morgan fingerprint density at radius 2 is 2.21 bits per heavy atom. The van der Waals surface area contributed by atoms with Gasteiger partial charge in [-0.2, -0.15) is 5.10 Å². The molecule has 0 spiro atoms. The number of hydrogen-bond acceptors (Lipinski definition) is 3. The van der Waals surface area contributed by atoms with Gasteiger partial charge >= 0.3 is 5.97 Å². The fourth-order valence-electron chi connectivity index (χ4n) is 2.65. The first-order chi connectivity index (χ1) is 9.15. The number of hydrogen-bond donors (Lipinski definition) is 1. The average molecular weight is 265 g/mol. The zero-order chi connectivity index (χ0) is 13.7. The number of aromatic nitrogens is 2. The summed E-state index contributed by atoms with van der Waals surface area (Å²) in [5.41, 5.74) is 1.03. The summed E-state index contributed by atoms with van der Waals surface area (Å²) < 4.78 is 2.10. The lowest BCUT2D eigenvalue weighted by Crippen LogP contribution is -2.22. The van der Waals surface area contributed by atoms with Gasteiger partial charge < -0.3 is 5.11 Å². The molecule has 0 aliphatic heterocycles. The molecule has 1 aliphatic rings. The van der Waals surface area contributed by atoms with Crippen LogP contribution >= 0.6 is 0 Å². The molecular weight excluding hydrogens is 242 g/mol.